The smallest absolute Gasteiger partial charge is 0.164 e. The topological polar surface area (TPSA) is 43.1 Å². The Morgan fingerprint density at radius 2 is 1.75 bits per heavy atom. The minimum atomic E-state index is 0.371. The molecule has 0 unspecified atom stereocenters. The fourth-order valence-electron chi connectivity index (χ4n) is 1.79. The molecule has 0 aromatic carbocycles. The van der Waals surface area contributed by atoms with Crippen LogP contribution in [0.5, 0.6) is 0 Å². The maximum Gasteiger partial charge on any atom is 0.164 e. The second-order valence-electron chi connectivity index (χ2n) is 4.79. The van der Waals surface area contributed by atoms with Crippen molar-refractivity contribution in [2.45, 2.75) is 46.5 Å². The van der Waals surface area contributed by atoms with Gasteiger partial charge in [0.15, 0.2) is 5.65 Å². The Morgan fingerprint density at radius 1 is 1.06 bits per heavy atom. The van der Waals surface area contributed by atoms with Crippen LogP contribution >= 0.6 is 0 Å². The molecule has 0 aliphatic heterocycles. The highest BCUT2D eigenvalue weighted by Crippen LogP contribution is 2.20. The van der Waals surface area contributed by atoms with Crippen molar-refractivity contribution in [3.05, 3.63) is 23.4 Å². The fourth-order valence-corrected chi connectivity index (χ4v) is 1.79. The van der Waals surface area contributed by atoms with Crippen molar-refractivity contribution < 1.29 is 0 Å². The van der Waals surface area contributed by atoms with E-state index in [1.165, 1.54) is 0 Å². The van der Waals surface area contributed by atoms with Gasteiger partial charge in [0.1, 0.15) is 11.6 Å². The Balaban J connectivity index is 2.76. The summed E-state index contributed by atoms with van der Waals surface area (Å²) in [6.07, 6.45) is 0. The molecule has 2 aromatic rings. The van der Waals surface area contributed by atoms with Crippen LogP contribution in [0.3, 0.4) is 0 Å². The molecule has 0 saturated carbocycles. The molecule has 4 heteroatoms. The van der Waals surface area contributed by atoms with Gasteiger partial charge >= 0.3 is 0 Å². The normalized spacial score (nSPS) is 11.9. The molecule has 0 radical (unpaired) electrons. The maximum atomic E-state index is 4.72. The zero-order valence-corrected chi connectivity index (χ0v) is 10.5. The highest BCUT2D eigenvalue weighted by molar-refractivity contribution is 5.41. The van der Waals surface area contributed by atoms with Crippen molar-refractivity contribution in [3.8, 4) is 0 Å². The number of hydrogen-bond acceptors (Lipinski definition) is 3. The molecule has 0 N–H and O–H groups in total. The molecule has 0 fully saturated rings. The van der Waals surface area contributed by atoms with Crippen molar-refractivity contribution in [2.24, 2.45) is 0 Å². The van der Waals surface area contributed by atoms with Crippen molar-refractivity contribution in [1.82, 2.24) is 19.6 Å². The molecule has 0 atom stereocenters. The van der Waals surface area contributed by atoms with Crippen LogP contribution in [0.15, 0.2) is 6.07 Å². The van der Waals surface area contributed by atoms with E-state index in [1.807, 2.05) is 17.4 Å². The molecule has 16 heavy (non-hydrogen) atoms. The van der Waals surface area contributed by atoms with Gasteiger partial charge in [0, 0.05) is 17.7 Å². The molecular formula is C12H18N4. The minimum Gasteiger partial charge on any atom is -0.266 e. The van der Waals surface area contributed by atoms with E-state index < -0.39 is 0 Å². The van der Waals surface area contributed by atoms with Crippen LogP contribution in [-0.4, -0.2) is 19.6 Å². The molecule has 0 aliphatic carbocycles. The number of fused-ring (bicyclic) bond motifs is 1. The average Bonchev–Trinajstić information content (AvgIpc) is 2.59. The molecule has 2 heterocycles. The first-order valence-corrected chi connectivity index (χ1v) is 5.73. The Bertz CT molecular complexity index is 511. The summed E-state index contributed by atoms with van der Waals surface area (Å²) < 4.78 is 2.04. The number of aryl methyl sites for hydroxylation is 1. The lowest BCUT2D eigenvalue weighted by atomic mass is 10.1. The zero-order valence-electron chi connectivity index (χ0n) is 10.5. The predicted octanol–water partition coefficient (Wildman–Crippen LogP) is 2.68. The lowest BCUT2D eigenvalue weighted by Gasteiger charge is -2.12. The summed E-state index contributed by atoms with van der Waals surface area (Å²) in [5.74, 6) is 2.74. The first-order valence-electron chi connectivity index (χ1n) is 5.73. The molecule has 0 spiro atoms. The molecule has 4 nitrogen and oxygen atoms in total. The Hall–Kier alpha value is -1.45. The first kappa shape index (κ1) is 11.0. The molecule has 0 saturated heterocycles. The van der Waals surface area contributed by atoms with Crippen LogP contribution in [0.25, 0.3) is 5.65 Å². The SMILES string of the molecule is Cc1nnc2cc(C(C)C)nc(C(C)C)n12. The van der Waals surface area contributed by atoms with Gasteiger partial charge in [0.05, 0.1) is 0 Å². The third kappa shape index (κ3) is 1.68. The summed E-state index contributed by atoms with van der Waals surface area (Å²) in [4.78, 5) is 4.72. The van der Waals surface area contributed by atoms with Gasteiger partial charge < -0.3 is 0 Å². The van der Waals surface area contributed by atoms with Gasteiger partial charge in [0.2, 0.25) is 0 Å². The van der Waals surface area contributed by atoms with Gasteiger partial charge in [-0.1, -0.05) is 27.7 Å². The highest BCUT2D eigenvalue weighted by Gasteiger charge is 2.14. The Kier molecular flexibility index (Phi) is 2.66. The maximum absolute atomic E-state index is 4.72. The lowest BCUT2D eigenvalue weighted by Crippen LogP contribution is -2.08. The standard InChI is InChI=1S/C12H18N4/c1-7(2)10-6-11-15-14-9(5)16(11)12(13-10)8(3)4/h6-8H,1-5H3. The number of nitrogens with zero attached hydrogens (tertiary/aromatic N) is 4. The van der Waals surface area contributed by atoms with Crippen LogP contribution in [0.2, 0.25) is 0 Å². The summed E-state index contributed by atoms with van der Waals surface area (Å²) in [6, 6.07) is 2.02. The largest absolute Gasteiger partial charge is 0.266 e. The van der Waals surface area contributed by atoms with Gasteiger partial charge in [-0.25, -0.2) is 4.98 Å². The van der Waals surface area contributed by atoms with Gasteiger partial charge in [-0.05, 0) is 12.8 Å². The average molecular weight is 218 g/mol. The Morgan fingerprint density at radius 3 is 2.31 bits per heavy atom. The summed E-state index contributed by atoms with van der Waals surface area (Å²) in [5.41, 5.74) is 1.99. The summed E-state index contributed by atoms with van der Waals surface area (Å²) in [7, 11) is 0. The van der Waals surface area contributed by atoms with Crippen molar-refractivity contribution >= 4 is 5.65 Å². The zero-order chi connectivity index (χ0) is 11.9. The number of hydrogen-bond donors (Lipinski definition) is 0. The summed E-state index contributed by atoms with van der Waals surface area (Å²) in [6.45, 7) is 10.5. The second-order valence-corrected chi connectivity index (χ2v) is 4.79. The minimum absolute atomic E-state index is 0.371. The Labute approximate surface area is 95.7 Å². The van der Waals surface area contributed by atoms with E-state index in [9.17, 15) is 0 Å². The molecule has 0 aliphatic rings. The molecule has 86 valence electrons. The molecule has 2 aromatic heterocycles. The van der Waals surface area contributed by atoms with Crippen molar-refractivity contribution in [1.29, 1.82) is 0 Å². The van der Waals surface area contributed by atoms with E-state index >= 15 is 0 Å². The van der Waals surface area contributed by atoms with E-state index in [4.69, 9.17) is 4.98 Å². The van der Waals surface area contributed by atoms with E-state index in [0.717, 1.165) is 23.0 Å². The molecule has 0 bridgehead atoms. The van der Waals surface area contributed by atoms with Crippen molar-refractivity contribution in [3.63, 3.8) is 0 Å². The van der Waals surface area contributed by atoms with Crippen LogP contribution in [0, 0.1) is 6.92 Å². The quantitative estimate of drug-likeness (QED) is 0.778. The second kappa shape index (κ2) is 3.85. The van der Waals surface area contributed by atoms with Crippen LogP contribution in [0.1, 0.15) is 56.9 Å². The van der Waals surface area contributed by atoms with E-state index in [0.29, 0.717) is 11.8 Å². The molecular weight excluding hydrogens is 200 g/mol. The summed E-state index contributed by atoms with van der Waals surface area (Å²) in [5, 5.41) is 8.29. The summed E-state index contributed by atoms with van der Waals surface area (Å²) >= 11 is 0. The first-order chi connectivity index (χ1) is 7.50. The van der Waals surface area contributed by atoms with E-state index in [1.54, 1.807) is 0 Å². The highest BCUT2D eigenvalue weighted by atomic mass is 15.3. The van der Waals surface area contributed by atoms with Crippen LogP contribution in [0.4, 0.5) is 0 Å². The van der Waals surface area contributed by atoms with Crippen molar-refractivity contribution in [2.75, 3.05) is 0 Å². The van der Waals surface area contributed by atoms with Crippen LogP contribution in [-0.2, 0) is 0 Å². The van der Waals surface area contributed by atoms with Crippen LogP contribution < -0.4 is 0 Å². The third-order valence-corrected chi connectivity index (χ3v) is 2.71. The van der Waals surface area contributed by atoms with Gasteiger partial charge in [-0.2, -0.15) is 0 Å². The fraction of sp³-hybridized carbons (Fsp3) is 0.583. The lowest BCUT2D eigenvalue weighted by molar-refractivity contribution is 0.708. The van der Waals surface area contributed by atoms with E-state index in [-0.39, 0.29) is 0 Å². The number of aromatic nitrogens is 4. The monoisotopic (exact) mass is 218 g/mol. The van der Waals surface area contributed by atoms with Gasteiger partial charge in [-0.3, -0.25) is 4.40 Å². The van der Waals surface area contributed by atoms with Gasteiger partial charge in [-0.15, -0.1) is 10.2 Å². The number of rotatable bonds is 2. The molecule has 0 amide bonds. The molecule has 2 rings (SSSR count). The predicted molar refractivity (Wildman–Crippen MR) is 63.7 cm³/mol. The van der Waals surface area contributed by atoms with E-state index in [2.05, 4.69) is 37.9 Å². The van der Waals surface area contributed by atoms with Gasteiger partial charge in [0.25, 0.3) is 0 Å². The third-order valence-electron chi connectivity index (χ3n) is 2.71.